The highest BCUT2D eigenvalue weighted by Crippen LogP contribution is 2.37. The van der Waals surface area contributed by atoms with Crippen LogP contribution in [0, 0.1) is 0 Å². The van der Waals surface area contributed by atoms with Crippen LogP contribution in [0.15, 0.2) is 64.8 Å². The topological polar surface area (TPSA) is 64.0 Å². The average molecular weight is 442 g/mol. The lowest BCUT2D eigenvalue weighted by molar-refractivity contribution is -0.0328. The number of sulfonamides is 1. The lowest BCUT2D eigenvalue weighted by Gasteiger charge is -2.12. The molecule has 0 atom stereocenters. The quantitative estimate of drug-likeness (QED) is 0.583. The van der Waals surface area contributed by atoms with Crippen LogP contribution in [-0.2, 0) is 23.5 Å². The molecule has 1 heterocycles. The van der Waals surface area contributed by atoms with Crippen LogP contribution < -0.4 is 4.72 Å². The first-order chi connectivity index (χ1) is 13.6. The van der Waals surface area contributed by atoms with Crippen molar-refractivity contribution in [2.24, 2.45) is 7.05 Å². The molecule has 0 fully saturated rings. The Morgan fingerprint density at radius 2 is 1.83 bits per heavy atom. The van der Waals surface area contributed by atoms with E-state index in [0.29, 0.717) is 17.7 Å². The van der Waals surface area contributed by atoms with Gasteiger partial charge in [-0.15, -0.1) is 0 Å². The molecule has 5 nitrogen and oxygen atoms in total. The maximum atomic E-state index is 12.5. The van der Waals surface area contributed by atoms with Gasteiger partial charge in [0, 0.05) is 23.7 Å². The van der Waals surface area contributed by atoms with Crippen molar-refractivity contribution in [3.05, 3.63) is 66.1 Å². The third kappa shape index (κ3) is 5.40. The van der Waals surface area contributed by atoms with Gasteiger partial charge in [-0.2, -0.15) is 13.2 Å². The number of hydrogen-bond donors (Lipinski definition) is 1. The van der Waals surface area contributed by atoms with Crippen molar-refractivity contribution in [2.75, 3.05) is 7.05 Å². The van der Waals surface area contributed by atoms with Crippen LogP contribution in [0.3, 0.4) is 0 Å². The van der Waals surface area contributed by atoms with Crippen LogP contribution in [0.1, 0.15) is 11.1 Å². The number of aromatic nitrogens is 2. The maximum absolute atomic E-state index is 12.5. The molecule has 0 aliphatic carbocycles. The van der Waals surface area contributed by atoms with Gasteiger partial charge in [0.05, 0.1) is 16.9 Å². The summed E-state index contributed by atoms with van der Waals surface area (Å²) in [7, 11) is -0.484. The summed E-state index contributed by atoms with van der Waals surface area (Å²) in [5, 5.41) is 0. The Morgan fingerprint density at radius 1 is 1.14 bits per heavy atom. The SMILES string of the molecule is CNS(=O)(=O)c1ccc(Cc2ccc(SC(F)(F)F)cc2)c(-c2cn(C)cn2)c1. The van der Waals surface area contributed by atoms with E-state index in [1.807, 2.05) is 0 Å². The average Bonchev–Trinajstić information content (AvgIpc) is 3.08. The lowest BCUT2D eigenvalue weighted by Crippen LogP contribution is -2.18. The van der Waals surface area contributed by atoms with E-state index in [1.54, 1.807) is 48.4 Å². The largest absolute Gasteiger partial charge is 0.446 e. The molecule has 0 saturated carbocycles. The molecule has 1 aromatic heterocycles. The van der Waals surface area contributed by atoms with Gasteiger partial charge >= 0.3 is 5.51 Å². The van der Waals surface area contributed by atoms with Crippen molar-refractivity contribution in [1.29, 1.82) is 0 Å². The van der Waals surface area contributed by atoms with Gasteiger partial charge in [0.25, 0.3) is 0 Å². The monoisotopic (exact) mass is 441 g/mol. The Hall–Kier alpha value is -2.30. The van der Waals surface area contributed by atoms with Crippen LogP contribution in [-0.4, -0.2) is 30.5 Å². The molecule has 154 valence electrons. The number of rotatable bonds is 6. The van der Waals surface area contributed by atoms with Gasteiger partial charge < -0.3 is 4.57 Å². The first-order valence-corrected chi connectivity index (χ1v) is 10.8. The fraction of sp³-hybridized carbons (Fsp3) is 0.211. The number of alkyl halides is 3. The van der Waals surface area contributed by atoms with Crippen molar-refractivity contribution in [1.82, 2.24) is 14.3 Å². The molecule has 3 rings (SSSR count). The van der Waals surface area contributed by atoms with E-state index in [-0.39, 0.29) is 21.6 Å². The second kappa shape index (κ2) is 8.21. The van der Waals surface area contributed by atoms with E-state index >= 15 is 0 Å². The molecule has 3 aromatic rings. The van der Waals surface area contributed by atoms with Crippen molar-refractivity contribution < 1.29 is 21.6 Å². The van der Waals surface area contributed by atoms with Crippen molar-refractivity contribution in [2.45, 2.75) is 21.7 Å². The van der Waals surface area contributed by atoms with Gasteiger partial charge in [-0.25, -0.2) is 18.1 Å². The van der Waals surface area contributed by atoms with Crippen LogP contribution in [0.5, 0.6) is 0 Å². The molecule has 0 saturated heterocycles. The molecule has 0 bridgehead atoms. The molecule has 0 unspecified atom stereocenters. The molecule has 10 heteroatoms. The summed E-state index contributed by atoms with van der Waals surface area (Å²) < 4.78 is 65.9. The Labute approximate surface area is 171 Å². The molecule has 0 spiro atoms. The number of thioether (sulfide) groups is 1. The Balaban J connectivity index is 1.96. The second-order valence-corrected chi connectivity index (χ2v) is 9.34. The van der Waals surface area contributed by atoms with E-state index in [2.05, 4.69) is 9.71 Å². The summed E-state index contributed by atoms with van der Waals surface area (Å²) in [5.41, 5.74) is -1.45. The van der Waals surface area contributed by atoms with E-state index < -0.39 is 15.5 Å². The highest BCUT2D eigenvalue weighted by atomic mass is 32.2. The van der Waals surface area contributed by atoms with Gasteiger partial charge in [0.2, 0.25) is 10.0 Å². The molecule has 0 aliphatic rings. The Bertz CT molecular complexity index is 1110. The Kier molecular flexibility index (Phi) is 6.06. The van der Waals surface area contributed by atoms with Crippen LogP contribution in [0.4, 0.5) is 13.2 Å². The highest BCUT2D eigenvalue weighted by molar-refractivity contribution is 8.00. The van der Waals surface area contributed by atoms with Crippen molar-refractivity contribution >= 4 is 21.8 Å². The minimum Gasteiger partial charge on any atom is -0.340 e. The van der Waals surface area contributed by atoms with E-state index in [0.717, 1.165) is 11.1 Å². The first-order valence-electron chi connectivity index (χ1n) is 8.47. The van der Waals surface area contributed by atoms with Gasteiger partial charge in [-0.3, -0.25) is 0 Å². The van der Waals surface area contributed by atoms with Gasteiger partial charge in [0.1, 0.15) is 0 Å². The summed E-state index contributed by atoms with van der Waals surface area (Å²) in [5.74, 6) is 0. The minimum atomic E-state index is -4.33. The standard InChI is InChI=1S/C19H18F3N3O2S2/c1-23-29(26,27)16-8-5-14(17(10-16)18-11-25(2)12-24-18)9-13-3-6-15(7-4-13)28-19(20,21)22/h3-8,10-12,23H,9H2,1-2H3. The predicted octanol–water partition coefficient (Wildman–Crippen LogP) is 4.20. The number of halogens is 3. The molecular weight excluding hydrogens is 423 g/mol. The van der Waals surface area contributed by atoms with Gasteiger partial charge in [-0.05, 0) is 60.6 Å². The van der Waals surface area contributed by atoms with Crippen LogP contribution in [0.25, 0.3) is 11.3 Å². The third-order valence-corrected chi connectivity index (χ3v) is 6.34. The van der Waals surface area contributed by atoms with Gasteiger partial charge in [-0.1, -0.05) is 18.2 Å². The maximum Gasteiger partial charge on any atom is 0.446 e. The second-order valence-electron chi connectivity index (χ2n) is 6.32. The van der Waals surface area contributed by atoms with Crippen molar-refractivity contribution in [3.63, 3.8) is 0 Å². The van der Waals surface area contributed by atoms with E-state index in [9.17, 15) is 21.6 Å². The molecule has 29 heavy (non-hydrogen) atoms. The summed E-state index contributed by atoms with van der Waals surface area (Å²) in [6.07, 6.45) is 3.81. The molecule has 2 aromatic carbocycles. The van der Waals surface area contributed by atoms with E-state index in [4.69, 9.17) is 0 Å². The summed E-state index contributed by atoms with van der Waals surface area (Å²) in [4.78, 5) is 4.54. The molecular formula is C19H18F3N3O2S2. The fourth-order valence-corrected chi connectivity index (χ4v) is 4.11. The number of nitrogens with zero attached hydrogens (tertiary/aromatic N) is 2. The molecule has 1 N–H and O–H groups in total. The highest BCUT2D eigenvalue weighted by Gasteiger charge is 2.29. The lowest BCUT2D eigenvalue weighted by atomic mass is 9.98. The number of benzene rings is 2. The number of nitrogens with one attached hydrogen (secondary N) is 1. The number of imidazole rings is 1. The number of aryl methyl sites for hydroxylation is 1. The molecule has 0 radical (unpaired) electrons. The smallest absolute Gasteiger partial charge is 0.340 e. The molecule has 0 amide bonds. The summed E-state index contributed by atoms with van der Waals surface area (Å²) in [6, 6.07) is 10.9. The first kappa shape index (κ1) is 21.4. The zero-order chi connectivity index (χ0) is 21.2. The zero-order valence-corrected chi connectivity index (χ0v) is 17.2. The predicted molar refractivity (Wildman–Crippen MR) is 106 cm³/mol. The van der Waals surface area contributed by atoms with Crippen LogP contribution >= 0.6 is 11.8 Å². The minimum absolute atomic E-state index is 0.112. The van der Waals surface area contributed by atoms with E-state index in [1.165, 1.54) is 25.2 Å². The van der Waals surface area contributed by atoms with Crippen molar-refractivity contribution in [3.8, 4) is 11.3 Å². The van der Waals surface area contributed by atoms with Crippen LogP contribution in [0.2, 0.25) is 0 Å². The fourth-order valence-electron chi connectivity index (χ4n) is 2.81. The van der Waals surface area contributed by atoms with Gasteiger partial charge in [0.15, 0.2) is 0 Å². The normalized spacial score (nSPS) is 12.3. The number of hydrogen-bond acceptors (Lipinski definition) is 4. The Morgan fingerprint density at radius 3 is 2.38 bits per heavy atom. The summed E-state index contributed by atoms with van der Waals surface area (Å²) >= 11 is -0.161. The zero-order valence-electron chi connectivity index (χ0n) is 15.6. The molecule has 0 aliphatic heterocycles. The third-order valence-electron chi connectivity index (χ3n) is 4.19. The summed E-state index contributed by atoms with van der Waals surface area (Å²) in [6.45, 7) is 0.